The third-order valence-corrected chi connectivity index (χ3v) is 4.66. The number of carboxylic acids is 2. The molecule has 8 heteroatoms. The average molecular weight is 315 g/mol. The molecular formula is C14H25N3O5. The number of nitrogens with one attached hydrogen (secondary N) is 3. The Kier molecular flexibility index (Phi) is 6.13. The molecule has 2 saturated heterocycles. The maximum absolute atomic E-state index is 9.10. The second kappa shape index (κ2) is 7.87. The summed E-state index contributed by atoms with van der Waals surface area (Å²) in [6.45, 7) is 5.32. The standard InChI is InChI=1S/C12H23N3O.C2H2O4/c1-2-3-8-9-7-14-15-10(9)6-11-12(8)13-4-5-16-11;3-1(4)2(5)6/h8-15H,2-7H2,1H3;(H,3,4)(H,5,6). The third kappa shape index (κ3) is 3.95. The number of carboxylic acid groups (broad SMARTS) is 2. The van der Waals surface area contributed by atoms with Gasteiger partial charge in [0.2, 0.25) is 0 Å². The Balaban J connectivity index is 0.000000254. The highest BCUT2D eigenvalue weighted by Gasteiger charge is 2.47. The summed E-state index contributed by atoms with van der Waals surface area (Å²) in [5, 5.41) is 18.5. The summed E-state index contributed by atoms with van der Waals surface area (Å²) >= 11 is 0. The van der Waals surface area contributed by atoms with Crippen molar-refractivity contribution in [2.45, 2.75) is 44.4 Å². The molecule has 0 amide bonds. The molecule has 3 aliphatic rings. The number of ether oxygens (including phenoxy) is 1. The first kappa shape index (κ1) is 17.1. The quantitative estimate of drug-likeness (QED) is 0.429. The van der Waals surface area contributed by atoms with Gasteiger partial charge in [-0.25, -0.2) is 9.59 Å². The van der Waals surface area contributed by atoms with E-state index in [0.717, 1.165) is 38.0 Å². The lowest BCUT2D eigenvalue weighted by molar-refractivity contribution is -0.159. The molecule has 22 heavy (non-hydrogen) atoms. The Labute approximate surface area is 129 Å². The first-order valence-corrected chi connectivity index (χ1v) is 7.84. The van der Waals surface area contributed by atoms with Gasteiger partial charge in [-0.1, -0.05) is 13.3 Å². The molecule has 0 aromatic rings. The van der Waals surface area contributed by atoms with Crippen molar-refractivity contribution < 1.29 is 24.5 Å². The van der Waals surface area contributed by atoms with Crippen molar-refractivity contribution in [2.75, 3.05) is 19.7 Å². The summed E-state index contributed by atoms with van der Waals surface area (Å²) in [7, 11) is 0. The van der Waals surface area contributed by atoms with Crippen LogP contribution in [0.2, 0.25) is 0 Å². The molecule has 3 fully saturated rings. The van der Waals surface area contributed by atoms with Gasteiger partial charge in [0.1, 0.15) is 0 Å². The van der Waals surface area contributed by atoms with E-state index in [-0.39, 0.29) is 0 Å². The number of fused-ring (bicyclic) bond motifs is 2. The Bertz CT molecular complexity index is 394. The normalized spacial score (nSPS) is 36.5. The van der Waals surface area contributed by atoms with E-state index in [0.29, 0.717) is 18.2 Å². The number of hydrogen-bond acceptors (Lipinski definition) is 6. The van der Waals surface area contributed by atoms with Crippen molar-refractivity contribution in [3.8, 4) is 0 Å². The van der Waals surface area contributed by atoms with Crippen molar-refractivity contribution in [3.05, 3.63) is 0 Å². The van der Waals surface area contributed by atoms with Crippen molar-refractivity contribution in [1.82, 2.24) is 16.2 Å². The van der Waals surface area contributed by atoms with Crippen molar-refractivity contribution in [2.24, 2.45) is 11.8 Å². The monoisotopic (exact) mass is 315 g/mol. The van der Waals surface area contributed by atoms with Crippen LogP contribution in [0.5, 0.6) is 0 Å². The van der Waals surface area contributed by atoms with E-state index in [1.165, 1.54) is 12.8 Å². The van der Waals surface area contributed by atoms with Gasteiger partial charge in [-0.15, -0.1) is 0 Å². The summed E-state index contributed by atoms with van der Waals surface area (Å²) in [5.41, 5.74) is 6.75. The summed E-state index contributed by atoms with van der Waals surface area (Å²) in [6.07, 6.45) is 4.19. The minimum Gasteiger partial charge on any atom is -0.473 e. The first-order chi connectivity index (χ1) is 10.5. The Morgan fingerprint density at radius 1 is 1.27 bits per heavy atom. The van der Waals surface area contributed by atoms with Gasteiger partial charge in [0, 0.05) is 25.2 Å². The van der Waals surface area contributed by atoms with Crippen LogP contribution in [0.25, 0.3) is 0 Å². The molecular weight excluding hydrogens is 290 g/mol. The summed E-state index contributed by atoms with van der Waals surface area (Å²) in [4.78, 5) is 18.2. The van der Waals surface area contributed by atoms with Gasteiger partial charge >= 0.3 is 11.9 Å². The van der Waals surface area contributed by atoms with E-state index in [2.05, 4.69) is 23.1 Å². The summed E-state index contributed by atoms with van der Waals surface area (Å²) in [5.74, 6) is -2.09. The van der Waals surface area contributed by atoms with Crippen LogP contribution >= 0.6 is 0 Å². The average Bonchev–Trinajstić information content (AvgIpc) is 2.96. The molecule has 0 aromatic carbocycles. The zero-order valence-corrected chi connectivity index (χ0v) is 12.7. The fourth-order valence-electron chi connectivity index (χ4n) is 3.80. The topological polar surface area (TPSA) is 120 Å². The molecule has 2 aliphatic heterocycles. The van der Waals surface area contributed by atoms with E-state index in [1.807, 2.05) is 0 Å². The number of morpholine rings is 1. The SMILES string of the molecule is CCCC1C2CNNC2CC2OCCNC21.O=C(O)C(=O)O. The van der Waals surface area contributed by atoms with Gasteiger partial charge in [-0.3, -0.25) is 10.9 Å². The molecule has 3 rings (SSSR count). The molecule has 126 valence electrons. The number of hydrazine groups is 1. The maximum atomic E-state index is 9.10. The van der Waals surface area contributed by atoms with Crippen LogP contribution in [-0.4, -0.2) is 60.0 Å². The molecule has 0 radical (unpaired) electrons. The molecule has 2 heterocycles. The van der Waals surface area contributed by atoms with Gasteiger partial charge in [0.25, 0.3) is 0 Å². The number of rotatable bonds is 2. The van der Waals surface area contributed by atoms with Crippen molar-refractivity contribution >= 4 is 11.9 Å². The van der Waals surface area contributed by atoms with E-state index in [9.17, 15) is 0 Å². The second-order valence-corrected chi connectivity index (χ2v) is 5.98. The van der Waals surface area contributed by atoms with Crippen LogP contribution in [0.3, 0.4) is 0 Å². The van der Waals surface area contributed by atoms with Crippen LogP contribution in [-0.2, 0) is 14.3 Å². The Morgan fingerprint density at radius 3 is 2.64 bits per heavy atom. The van der Waals surface area contributed by atoms with E-state index in [4.69, 9.17) is 24.5 Å². The smallest absolute Gasteiger partial charge is 0.414 e. The highest BCUT2D eigenvalue weighted by Crippen LogP contribution is 2.37. The molecule has 0 aromatic heterocycles. The van der Waals surface area contributed by atoms with Gasteiger partial charge in [-0.05, 0) is 24.7 Å². The van der Waals surface area contributed by atoms with Gasteiger partial charge in [0.05, 0.1) is 12.7 Å². The van der Waals surface area contributed by atoms with Crippen molar-refractivity contribution in [1.29, 1.82) is 0 Å². The van der Waals surface area contributed by atoms with E-state index in [1.54, 1.807) is 0 Å². The minimum absolute atomic E-state index is 0.430. The Hall–Kier alpha value is -1.22. The van der Waals surface area contributed by atoms with Crippen LogP contribution in [0, 0.1) is 11.8 Å². The fourth-order valence-corrected chi connectivity index (χ4v) is 3.80. The van der Waals surface area contributed by atoms with E-state index < -0.39 is 11.9 Å². The van der Waals surface area contributed by atoms with Crippen LogP contribution in [0.15, 0.2) is 0 Å². The van der Waals surface area contributed by atoms with Gasteiger partial charge < -0.3 is 20.3 Å². The predicted molar refractivity (Wildman–Crippen MR) is 78.2 cm³/mol. The number of carbonyl (C=O) groups is 2. The summed E-state index contributed by atoms with van der Waals surface area (Å²) < 4.78 is 5.94. The Morgan fingerprint density at radius 2 is 2.00 bits per heavy atom. The van der Waals surface area contributed by atoms with Crippen molar-refractivity contribution in [3.63, 3.8) is 0 Å². The molecule has 1 saturated carbocycles. The fraction of sp³-hybridized carbons (Fsp3) is 0.857. The van der Waals surface area contributed by atoms with Crippen LogP contribution in [0.1, 0.15) is 26.2 Å². The zero-order valence-electron chi connectivity index (χ0n) is 12.7. The maximum Gasteiger partial charge on any atom is 0.414 e. The highest BCUT2D eigenvalue weighted by atomic mass is 16.5. The first-order valence-electron chi connectivity index (χ1n) is 7.84. The molecule has 5 unspecified atom stereocenters. The largest absolute Gasteiger partial charge is 0.473 e. The molecule has 0 spiro atoms. The molecule has 8 nitrogen and oxygen atoms in total. The predicted octanol–water partition coefficient (Wildman–Crippen LogP) is -0.588. The van der Waals surface area contributed by atoms with E-state index >= 15 is 0 Å². The molecule has 5 N–H and O–H groups in total. The lowest BCUT2D eigenvalue weighted by Crippen LogP contribution is -2.60. The second-order valence-electron chi connectivity index (χ2n) is 5.98. The zero-order chi connectivity index (χ0) is 16.1. The minimum atomic E-state index is -1.82. The lowest BCUT2D eigenvalue weighted by Gasteiger charge is -2.47. The lowest BCUT2D eigenvalue weighted by atomic mass is 9.70. The molecule has 1 aliphatic carbocycles. The highest BCUT2D eigenvalue weighted by molar-refractivity contribution is 6.27. The van der Waals surface area contributed by atoms with Gasteiger partial charge in [-0.2, -0.15) is 0 Å². The molecule has 0 bridgehead atoms. The van der Waals surface area contributed by atoms with Crippen LogP contribution < -0.4 is 16.2 Å². The third-order valence-electron chi connectivity index (χ3n) is 4.66. The summed E-state index contributed by atoms with van der Waals surface area (Å²) in [6, 6.07) is 1.22. The number of hydrogen-bond donors (Lipinski definition) is 5. The molecule has 5 atom stereocenters. The van der Waals surface area contributed by atoms with Gasteiger partial charge in [0.15, 0.2) is 0 Å². The van der Waals surface area contributed by atoms with Crippen LogP contribution in [0.4, 0.5) is 0 Å². The number of aliphatic carboxylic acids is 2.